The van der Waals surface area contributed by atoms with Crippen LogP contribution in [0.25, 0.3) is 0 Å². The van der Waals surface area contributed by atoms with Gasteiger partial charge in [0, 0.05) is 6.54 Å². The van der Waals surface area contributed by atoms with Crippen molar-refractivity contribution in [2.45, 2.75) is 20.8 Å². The molecule has 0 saturated heterocycles. The third-order valence-corrected chi connectivity index (χ3v) is 1.99. The average Bonchev–Trinajstić information content (AvgIpc) is 2.11. The quantitative estimate of drug-likeness (QED) is 0.724. The highest BCUT2D eigenvalue weighted by atomic mass is 16.5. The Labute approximate surface area is 86.3 Å². The topological polar surface area (TPSA) is 21.3 Å². The number of aryl methyl sites for hydroxylation is 2. The predicted molar refractivity (Wildman–Crippen MR) is 60.0 cm³/mol. The van der Waals surface area contributed by atoms with Crippen molar-refractivity contribution in [3.05, 3.63) is 29.3 Å². The molecule has 1 aromatic rings. The second-order valence-electron chi connectivity index (χ2n) is 3.53. The Kier molecular flexibility index (Phi) is 4.47. The van der Waals surface area contributed by atoms with E-state index in [1.54, 1.807) is 0 Å². The first-order chi connectivity index (χ1) is 6.72. The van der Waals surface area contributed by atoms with Crippen LogP contribution in [0, 0.1) is 13.8 Å². The van der Waals surface area contributed by atoms with Crippen LogP contribution in [-0.4, -0.2) is 19.7 Å². The maximum Gasteiger partial charge on any atom is 0.119 e. The summed E-state index contributed by atoms with van der Waals surface area (Å²) in [6.45, 7) is 8.90. The van der Waals surface area contributed by atoms with E-state index in [0.29, 0.717) is 0 Å². The van der Waals surface area contributed by atoms with Crippen molar-refractivity contribution in [1.29, 1.82) is 0 Å². The molecule has 0 heterocycles. The molecule has 0 fully saturated rings. The summed E-state index contributed by atoms with van der Waals surface area (Å²) in [5.74, 6) is 0.973. The molecule has 78 valence electrons. The molecule has 2 heteroatoms. The van der Waals surface area contributed by atoms with Crippen molar-refractivity contribution in [2.24, 2.45) is 0 Å². The van der Waals surface area contributed by atoms with Crippen LogP contribution in [0.15, 0.2) is 18.2 Å². The fourth-order valence-corrected chi connectivity index (χ4v) is 1.43. The summed E-state index contributed by atoms with van der Waals surface area (Å²) in [4.78, 5) is 0. The molecule has 1 aromatic carbocycles. The Morgan fingerprint density at radius 2 is 1.79 bits per heavy atom. The van der Waals surface area contributed by atoms with Gasteiger partial charge in [-0.2, -0.15) is 0 Å². The van der Waals surface area contributed by atoms with E-state index in [9.17, 15) is 0 Å². The fraction of sp³-hybridized carbons (Fsp3) is 0.500. The van der Waals surface area contributed by atoms with Crippen molar-refractivity contribution in [1.82, 2.24) is 5.32 Å². The minimum absolute atomic E-state index is 0.733. The molecule has 0 aromatic heterocycles. The van der Waals surface area contributed by atoms with E-state index < -0.39 is 0 Å². The van der Waals surface area contributed by atoms with Gasteiger partial charge in [0.05, 0.1) is 0 Å². The van der Waals surface area contributed by atoms with Crippen molar-refractivity contribution in [2.75, 3.05) is 19.7 Å². The van der Waals surface area contributed by atoms with E-state index >= 15 is 0 Å². The normalized spacial score (nSPS) is 10.2. The van der Waals surface area contributed by atoms with Crippen LogP contribution in [0.2, 0.25) is 0 Å². The maximum atomic E-state index is 5.61. The summed E-state index contributed by atoms with van der Waals surface area (Å²) in [5.41, 5.74) is 2.51. The Hall–Kier alpha value is -1.02. The number of nitrogens with one attached hydrogen (secondary N) is 1. The van der Waals surface area contributed by atoms with Gasteiger partial charge in [-0.15, -0.1) is 0 Å². The molecule has 2 nitrogen and oxygen atoms in total. The van der Waals surface area contributed by atoms with Gasteiger partial charge in [-0.1, -0.05) is 13.0 Å². The summed E-state index contributed by atoms with van der Waals surface area (Å²) in [5, 5.41) is 3.22. The van der Waals surface area contributed by atoms with E-state index in [2.05, 4.69) is 44.3 Å². The van der Waals surface area contributed by atoms with Crippen LogP contribution in [-0.2, 0) is 0 Å². The predicted octanol–water partition coefficient (Wildman–Crippen LogP) is 2.29. The molecule has 0 unspecified atom stereocenters. The summed E-state index contributed by atoms with van der Waals surface area (Å²) in [6, 6.07) is 6.29. The molecule has 0 bridgehead atoms. The molecule has 1 rings (SSSR count). The van der Waals surface area contributed by atoms with Gasteiger partial charge in [0.15, 0.2) is 0 Å². The standard InChI is InChI=1S/C12H19NO/c1-4-13-5-6-14-12-8-10(2)7-11(3)9-12/h7-9,13H,4-6H2,1-3H3. The van der Waals surface area contributed by atoms with Gasteiger partial charge in [0.25, 0.3) is 0 Å². The molecule has 14 heavy (non-hydrogen) atoms. The molecule has 0 aliphatic carbocycles. The van der Waals surface area contributed by atoms with Crippen LogP contribution in [0.5, 0.6) is 5.75 Å². The van der Waals surface area contributed by atoms with Gasteiger partial charge in [-0.05, 0) is 43.7 Å². The van der Waals surface area contributed by atoms with Gasteiger partial charge >= 0.3 is 0 Å². The molecule has 0 saturated carbocycles. The fourth-order valence-electron chi connectivity index (χ4n) is 1.43. The number of rotatable bonds is 5. The van der Waals surface area contributed by atoms with Crippen molar-refractivity contribution >= 4 is 0 Å². The minimum Gasteiger partial charge on any atom is -0.492 e. The molecule has 0 spiro atoms. The van der Waals surface area contributed by atoms with Crippen LogP contribution in [0.3, 0.4) is 0 Å². The molecular formula is C12H19NO. The third kappa shape index (κ3) is 3.79. The minimum atomic E-state index is 0.733. The molecule has 0 aliphatic heterocycles. The molecule has 1 N–H and O–H groups in total. The molecule has 0 aliphatic rings. The van der Waals surface area contributed by atoms with Crippen LogP contribution < -0.4 is 10.1 Å². The first kappa shape index (κ1) is 11.1. The lowest BCUT2D eigenvalue weighted by molar-refractivity contribution is 0.315. The highest BCUT2D eigenvalue weighted by molar-refractivity contribution is 5.32. The van der Waals surface area contributed by atoms with E-state index in [1.807, 2.05) is 0 Å². The van der Waals surface area contributed by atoms with Gasteiger partial charge in [-0.3, -0.25) is 0 Å². The second kappa shape index (κ2) is 5.66. The molecule has 0 amide bonds. The van der Waals surface area contributed by atoms with Crippen molar-refractivity contribution < 1.29 is 4.74 Å². The smallest absolute Gasteiger partial charge is 0.119 e. The third-order valence-electron chi connectivity index (χ3n) is 1.99. The lowest BCUT2D eigenvalue weighted by Crippen LogP contribution is -2.20. The van der Waals surface area contributed by atoms with Gasteiger partial charge < -0.3 is 10.1 Å². The summed E-state index contributed by atoms with van der Waals surface area (Å²) in [7, 11) is 0. The molecule has 0 radical (unpaired) electrons. The second-order valence-corrected chi connectivity index (χ2v) is 3.53. The van der Waals surface area contributed by atoms with Crippen molar-refractivity contribution in [3.8, 4) is 5.75 Å². The zero-order chi connectivity index (χ0) is 10.4. The van der Waals surface area contributed by atoms with Crippen LogP contribution >= 0.6 is 0 Å². The number of benzene rings is 1. The van der Waals surface area contributed by atoms with Crippen molar-refractivity contribution in [3.63, 3.8) is 0 Å². The lowest BCUT2D eigenvalue weighted by atomic mass is 10.1. The zero-order valence-electron chi connectivity index (χ0n) is 9.26. The molecular weight excluding hydrogens is 174 g/mol. The first-order valence-corrected chi connectivity index (χ1v) is 5.14. The SMILES string of the molecule is CCNCCOc1cc(C)cc(C)c1. The van der Waals surface area contributed by atoms with Gasteiger partial charge in [0.2, 0.25) is 0 Å². The lowest BCUT2D eigenvalue weighted by Gasteiger charge is -2.08. The Morgan fingerprint density at radius 3 is 2.36 bits per heavy atom. The zero-order valence-corrected chi connectivity index (χ0v) is 9.26. The number of hydrogen-bond acceptors (Lipinski definition) is 2. The van der Waals surface area contributed by atoms with Crippen LogP contribution in [0.4, 0.5) is 0 Å². The van der Waals surface area contributed by atoms with Gasteiger partial charge in [-0.25, -0.2) is 0 Å². The van der Waals surface area contributed by atoms with E-state index in [1.165, 1.54) is 11.1 Å². The largest absolute Gasteiger partial charge is 0.492 e. The van der Waals surface area contributed by atoms with E-state index in [-0.39, 0.29) is 0 Å². The summed E-state index contributed by atoms with van der Waals surface area (Å²) in [6.07, 6.45) is 0. The summed E-state index contributed by atoms with van der Waals surface area (Å²) < 4.78 is 5.61. The number of likely N-dealkylation sites (N-methyl/N-ethyl adjacent to an activating group) is 1. The Bertz CT molecular complexity index is 263. The van der Waals surface area contributed by atoms with E-state index in [4.69, 9.17) is 4.74 Å². The monoisotopic (exact) mass is 193 g/mol. The Balaban J connectivity index is 2.42. The van der Waals surface area contributed by atoms with E-state index in [0.717, 1.165) is 25.4 Å². The summed E-state index contributed by atoms with van der Waals surface area (Å²) >= 11 is 0. The first-order valence-electron chi connectivity index (χ1n) is 5.14. The highest BCUT2D eigenvalue weighted by Gasteiger charge is 1.95. The number of ether oxygens (including phenoxy) is 1. The van der Waals surface area contributed by atoms with Gasteiger partial charge in [0.1, 0.15) is 12.4 Å². The Morgan fingerprint density at radius 1 is 1.14 bits per heavy atom. The average molecular weight is 193 g/mol. The molecule has 0 atom stereocenters. The van der Waals surface area contributed by atoms with Crippen LogP contribution in [0.1, 0.15) is 18.1 Å². The number of hydrogen-bond donors (Lipinski definition) is 1. The maximum absolute atomic E-state index is 5.61. The highest BCUT2D eigenvalue weighted by Crippen LogP contribution is 2.15.